The highest BCUT2D eigenvalue weighted by Gasteiger charge is 2.40. The van der Waals surface area contributed by atoms with Crippen molar-refractivity contribution in [1.82, 2.24) is 30.6 Å². The van der Waals surface area contributed by atoms with Crippen LogP contribution in [0.3, 0.4) is 0 Å². The number of imidazole rings is 1. The highest BCUT2D eigenvalue weighted by atomic mass is 16.5. The van der Waals surface area contributed by atoms with Gasteiger partial charge in [-0.3, -0.25) is 9.79 Å². The molecule has 0 radical (unpaired) electrons. The number of hydrogen-bond acceptors (Lipinski definition) is 7. The average molecular weight is 489 g/mol. The Morgan fingerprint density at radius 3 is 2.78 bits per heavy atom. The first-order valence-electron chi connectivity index (χ1n) is 12.3. The average Bonchev–Trinajstić information content (AvgIpc) is 3.58. The second-order valence-corrected chi connectivity index (χ2v) is 10.4. The number of aromatic nitrogens is 6. The smallest absolute Gasteiger partial charge is 0.291 e. The number of benzene rings is 1. The van der Waals surface area contributed by atoms with Crippen LogP contribution >= 0.6 is 0 Å². The van der Waals surface area contributed by atoms with Crippen molar-refractivity contribution in [3.63, 3.8) is 0 Å². The maximum atomic E-state index is 13.1. The van der Waals surface area contributed by atoms with Gasteiger partial charge in [-0.05, 0) is 67.5 Å². The molecule has 1 aromatic carbocycles. The van der Waals surface area contributed by atoms with Gasteiger partial charge >= 0.3 is 0 Å². The van der Waals surface area contributed by atoms with Gasteiger partial charge in [-0.15, -0.1) is 10.2 Å². The Bertz CT molecular complexity index is 1270. The normalized spacial score (nSPS) is 18.9. The molecule has 0 atom stereocenters. The molecule has 3 heterocycles. The predicted molar refractivity (Wildman–Crippen MR) is 137 cm³/mol. The van der Waals surface area contributed by atoms with Gasteiger partial charge in [-0.25, -0.2) is 4.98 Å². The molecule has 1 saturated heterocycles. The molecule has 1 fully saturated rings. The molecule has 1 amide bonds. The van der Waals surface area contributed by atoms with Crippen LogP contribution in [0.15, 0.2) is 35.5 Å². The number of nitrogens with one attached hydrogen (secondary N) is 3. The molecule has 0 saturated carbocycles. The Balaban J connectivity index is 1.54. The summed E-state index contributed by atoms with van der Waals surface area (Å²) >= 11 is 0. The standard InChI is InChI=1S/C26H32N8O2/c1-25(2)8-6-17(7-9-25)20-14-18(26(10-12-36-13-11-26)24-31-33-34-32-24)4-5-21(20)30-23(35)22-28-16-19(29-22)15-27-3/h4-6,14,16H,3,7-13,15H2,1-2H3,(H,28,29)(H,30,35)(H,31,32,33,34). The Hall–Kier alpha value is -3.66. The fourth-order valence-electron chi connectivity index (χ4n) is 5.12. The summed E-state index contributed by atoms with van der Waals surface area (Å²) in [5.41, 5.74) is 4.71. The third kappa shape index (κ3) is 4.73. The van der Waals surface area contributed by atoms with Gasteiger partial charge in [0.25, 0.3) is 5.91 Å². The molecular weight excluding hydrogens is 456 g/mol. The van der Waals surface area contributed by atoms with E-state index in [9.17, 15) is 4.79 Å². The van der Waals surface area contributed by atoms with Crippen LogP contribution in [-0.4, -0.2) is 56.4 Å². The summed E-state index contributed by atoms with van der Waals surface area (Å²) in [6, 6.07) is 6.23. The van der Waals surface area contributed by atoms with E-state index in [1.54, 1.807) is 6.20 Å². The highest BCUT2D eigenvalue weighted by molar-refractivity contribution is 6.03. The molecular formula is C26H32N8O2. The van der Waals surface area contributed by atoms with Crippen LogP contribution in [0.2, 0.25) is 0 Å². The van der Waals surface area contributed by atoms with Crippen LogP contribution in [-0.2, 0) is 16.7 Å². The number of tetrazole rings is 1. The molecule has 10 heteroatoms. The number of ether oxygens (including phenoxy) is 1. The zero-order valence-corrected chi connectivity index (χ0v) is 20.8. The van der Waals surface area contributed by atoms with Gasteiger partial charge in [-0.2, -0.15) is 5.21 Å². The van der Waals surface area contributed by atoms with E-state index in [1.165, 1.54) is 5.57 Å². The van der Waals surface area contributed by atoms with E-state index >= 15 is 0 Å². The van der Waals surface area contributed by atoms with Crippen molar-refractivity contribution in [3.8, 4) is 0 Å². The van der Waals surface area contributed by atoms with Crippen LogP contribution in [0.1, 0.15) is 79.2 Å². The number of amides is 1. The first-order valence-corrected chi connectivity index (χ1v) is 12.3. The maximum Gasteiger partial charge on any atom is 0.291 e. The van der Waals surface area contributed by atoms with E-state index in [4.69, 9.17) is 4.74 Å². The highest BCUT2D eigenvalue weighted by Crippen LogP contribution is 2.44. The number of nitrogens with zero attached hydrogens (tertiary/aromatic N) is 5. The summed E-state index contributed by atoms with van der Waals surface area (Å²) in [5, 5.41) is 18.3. The van der Waals surface area contributed by atoms with Crippen molar-refractivity contribution in [3.05, 3.63) is 58.9 Å². The summed E-state index contributed by atoms with van der Waals surface area (Å²) in [5.74, 6) is 0.622. The Morgan fingerprint density at radius 2 is 2.08 bits per heavy atom. The lowest BCUT2D eigenvalue weighted by Gasteiger charge is -2.36. The van der Waals surface area contributed by atoms with Gasteiger partial charge in [0.2, 0.25) is 0 Å². The van der Waals surface area contributed by atoms with Crippen molar-refractivity contribution in [2.45, 2.75) is 57.9 Å². The maximum absolute atomic E-state index is 13.1. The molecule has 2 aromatic heterocycles. The lowest BCUT2D eigenvalue weighted by molar-refractivity contribution is 0.0605. The minimum Gasteiger partial charge on any atom is -0.381 e. The quantitative estimate of drug-likeness (QED) is 0.429. The third-order valence-corrected chi connectivity index (χ3v) is 7.38. The Morgan fingerprint density at radius 1 is 1.25 bits per heavy atom. The monoisotopic (exact) mass is 488 g/mol. The minimum atomic E-state index is -0.398. The van der Waals surface area contributed by atoms with Crippen LogP contribution in [0.5, 0.6) is 0 Å². The number of carbonyl (C=O) groups is 1. The number of hydrogen-bond donors (Lipinski definition) is 3. The number of aliphatic imine (C=N–C) groups is 1. The molecule has 3 N–H and O–H groups in total. The van der Waals surface area contributed by atoms with Crippen LogP contribution in [0.4, 0.5) is 5.69 Å². The van der Waals surface area contributed by atoms with Crippen molar-refractivity contribution in [2.24, 2.45) is 10.4 Å². The van der Waals surface area contributed by atoms with E-state index in [1.807, 2.05) is 6.07 Å². The van der Waals surface area contributed by atoms with Gasteiger partial charge in [0, 0.05) is 24.5 Å². The van der Waals surface area contributed by atoms with E-state index in [-0.39, 0.29) is 17.1 Å². The van der Waals surface area contributed by atoms with E-state index < -0.39 is 5.41 Å². The second kappa shape index (κ2) is 9.77. The molecule has 5 rings (SSSR count). The Labute approximate surface area is 210 Å². The van der Waals surface area contributed by atoms with Crippen molar-refractivity contribution in [2.75, 3.05) is 18.5 Å². The molecule has 1 aliphatic heterocycles. The summed E-state index contributed by atoms with van der Waals surface area (Å²) in [6.07, 6.45) is 8.44. The van der Waals surface area contributed by atoms with Crippen molar-refractivity contribution in [1.29, 1.82) is 0 Å². The third-order valence-electron chi connectivity index (χ3n) is 7.38. The van der Waals surface area contributed by atoms with Gasteiger partial charge < -0.3 is 15.0 Å². The molecule has 3 aromatic rings. The molecule has 10 nitrogen and oxygen atoms in total. The van der Waals surface area contributed by atoms with Crippen molar-refractivity contribution < 1.29 is 9.53 Å². The molecule has 188 valence electrons. The van der Waals surface area contributed by atoms with Crippen LogP contribution in [0.25, 0.3) is 5.57 Å². The number of allylic oxidation sites excluding steroid dienone is 2. The largest absolute Gasteiger partial charge is 0.381 e. The Kier molecular flexibility index (Phi) is 6.53. The molecule has 0 spiro atoms. The van der Waals surface area contributed by atoms with Crippen LogP contribution in [0, 0.1) is 5.41 Å². The molecule has 36 heavy (non-hydrogen) atoms. The zero-order chi connectivity index (χ0) is 25.2. The number of rotatable bonds is 7. The fraction of sp³-hybridized carbons (Fsp3) is 0.462. The number of carbonyl (C=O) groups excluding carboxylic acids is 1. The van der Waals surface area contributed by atoms with Gasteiger partial charge in [0.05, 0.1) is 23.9 Å². The molecule has 1 aliphatic carbocycles. The predicted octanol–water partition coefficient (Wildman–Crippen LogP) is 4.07. The first-order chi connectivity index (χ1) is 17.4. The number of anilines is 1. The van der Waals surface area contributed by atoms with E-state index in [0.29, 0.717) is 25.6 Å². The number of aromatic amines is 2. The van der Waals surface area contributed by atoms with E-state index in [2.05, 4.69) is 79.7 Å². The summed E-state index contributed by atoms with van der Waals surface area (Å²) in [6.45, 7) is 9.71. The second-order valence-electron chi connectivity index (χ2n) is 10.4. The van der Waals surface area contributed by atoms with Gasteiger partial charge in [0.1, 0.15) is 0 Å². The topological polar surface area (TPSA) is 134 Å². The lowest BCUT2D eigenvalue weighted by atomic mass is 9.72. The molecule has 0 bridgehead atoms. The summed E-state index contributed by atoms with van der Waals surface area (Å²) < 4.78 is 5.68. The van der Waals surface area contributed by atoms with Crippen LogP contribution < -0.4 is 5.32 Å². The fourth-order valence-corrected chi connectivity index (χ4v) is 5.12. The van der Waals surface area contributed by atoms with E-state index in [0.717, 1.165) is 54.6 Å². The first kappa shape index (κ1) is 24.1. The minimum absolute atomic E-state index is 0.245. The summed E-state index contributed by atoms with van der Waals surface area (Å²) in [7, 11) is 0. The SMILES string of the molecule is C=NCc1cnc(C(=O)Nc2ccc(C3(c4nn[nH]n4)CCOCC3)cc2C2=CCC(C)(C)CC2)[nH]1. The molecule has 2 aliphatic rings. The zero-order valence-electron chi connectivity index (χ0n) is 20.8. The lowest BCUT2D eigenvalue weighted by Crippen LogP contribution is -2.36. The van der Waals surface area contributed by atoms with Gasteiger partial charge in [0.15, 0.2) is 11.6 Å². The summed E-state index contributed by atoms with van der Waals surface area (Å²) in [4.78, 5) is 24.2. The van der Waals surface area contributed by atoms with Gasteiger partial charge in [-0.1, -0.05) is 31.2 Å². The van der Waals surface area contributed by atoms with Crippen molar-refractivity contribution >= 4 is 23.9 Å². The number of H-pyrrole nitrogens is 2. The molecule has 0 unspecified atom stereocenters.